The second-order valence-corrected chi connectivity index (χ2v) is 7.12. The van der Waals surface area contributed by atoms with Gasteiger partial charge in [0.1, 0.15) is 17.1 Å². The Balaban J connectivity index is 2.14. The molecule has 26 heavy (non-hydrogen) atoms. The topological polar surface area (TPSA) is 84.7 Å². The summed E-state index contributed by atoms with van der Waals surface area (Å²) in [6.45, 7) is 3.90. The quantitative estimate of drug-likeness (QED) is 0.639. The second kappa shape index (κ2) is 7.00. The van der Waals surface area contributed by atoms with Crippen LogP contribution in [0.25, 0.3) is 0 Å². The first-order valence-electron chi connectivity index (χ1n) is 7.93. The van der Waals surface area contributed by atoms with Gasteiger partial charge in [0.25, 0.3) is 11.6 Å². The lowest BCUT2D eigenvalue weighted by Gasteiger charge is -2.28. The molecule has 1 aliphatic heterocycles. The molecule has 144 valence electrons. The zero-order valence-corrected chi connectivity index (χ0v) is 14.6. The number of nitro benzene ring substituents is 1. The third kappa shape index (κ3) is 4.99. The maximum atomic E-state index is 13.8. The summed E-state index contributed by atoms with van der Waals surface area (Å²) in [7, 11) is 0. The summed E-state index contributed by atoms with van der Waals surface area (Å²) in [4.78, 5) is 23.3. The van der Waals surface area contributed by atoms with Crippen LogP contribution in [0.4, 0.5) is 29.3 Å². The van der Waals surface area contributed by atoms with E-state index >= 15 is 0 Å². The van der Waals surface area contributed by atoms with Crippen LogP contribution in [0.1, 0.15) is 27.2 Å². The lowest BCUT2D eigenvalue weighted by molar-refractivity contribution is -0.384. The summed E-state index contributed by atoms with van der Waals surface area (Å²) in [6.07, 6.45) is -1.48. The summed E-state index contributed by atoms with van der Waals surface area (Å²) < 4.78 is 45.9. The molecular weight excluding hydrogens is 355 g/mol. The lowest BCUT2D eigenvalue weighted by Crippen LogP contribution is -2.43. The van der Waals surface area contributed by atoms with Crippen molar-refractivity contribution in [2.45, 2.75) is 44.8 Å². The predicted molar refractivity (Wildman–Crippen MR) is 87.8 cm³/mol. The SMILES string of the molecule is CC(C)(C)OC(=O)N1CC(F)(F)C[C@H]1CNc1ccc(F)cc1[N+](=O)[O-]. The smallest absolute Gasteiger partial charge is 0.410 e. The number of hydrogen-bond donors (Lipinski definition) is 1. The Morgan fingerprint density at radius 1 is 1.46 bits per heavy atom. The molecular formula is C16H20F3N3O4. The average molecular weight is 375 g/mol. The van der Waals surface area contributed by atoms with Crippen LogP contribution in [0.5, 0.6) is 0 Å². The Labute approximate surface area is 148 Å². The molecule has 1 N–H and O–H groups in total. The number of carbonyl (C=O) groups is 1. The summed E-state index contributed by atoms with van der Waals surface area (Å²) >= 11 is 0. The Morgan fingerprint density at radius 3 is 2.69 bits per heavy atom. The molecule has 0 saturated carbocycles. The van der Waals surface area contributed by atoms with Crippen molar-refractivity contribution in [3.63, 3.8) is 0 Å². The van der Waals surface area contributed by atoms with Crippen LogP contribution in [0, 0.1) is 15.9 Å². The standard InChI is InChI=1S/C16H20F3N3O4/c1-15(2,3)26-14(23)21-9-16(18,19)7-11(21)8-20-12-5-4-10(17)6-13(12)22(24)25/h4-6,11,20H,7-9H2,1-3H3/t11-/m0/s1. The number of ether oxygens (including phenoxy) is 1. The van der Waals surface area contributed by atoms with Gasteiger partial charge in [0.15, 0.2) is 0 Å². The molecule has 0 aliphatic carbocycles. The molecule has 10 heteroatoms. The van der Waals surface area contributed by atoms with Gasteiger partial charge in [0.05, 0.1) is 23.6 Å². The van der Waals surface area contributed by atoms with E-state index in [1.54, 1.807) is 20.8 Å². The maximum absolute atomic E-state index is 13.8. The first-order valence-corrected chi connectivity index (χ1v) is 7.93. The van der Waals surface area contributed by atoms with E-state index in [9.17, 15) is 28.1 Å². The molecule has 1 aromatic carbocycles. The van der Waals surface area contributed by atoms with Gasteiger partial charge >= 0.3 is 6.09 Å². The number of benzene rings is 1. The van der Waals surface area contributed by atoms with Gasteiger partial charge in [-0.1, -0.05) is 0 Å². The third-order valence-electron chi connectivity index (χ3n) is 3.69. The van der Waals surface area contributed by atoms with Gasteiger partial charge < -0.3 is 10.1 Å². The highest BCUT2D eigenvalue weighted by atomic mass is 19.3. The number of carbonyl (C=O) groups excluding carboxylic acids is 1. The maximum Gasteiger partial charge on any atom is 0.410 e. The molecule has 2 rings (SSSR count). The third-order valence-corrected chi connectivity index (χ3v) is 3.69. The second-order valence-electron chi connectivity index (χ2n) is 7.12. The minimum Gasteiger partial charge on any atom is -0.444 e. The van der Waals surface area contributed by atoms with E-state index in [-0.39, 0.29) is 12.2 Å². The molecule has 1 aliphatic rings. The highest BCUT2D eigenvalue weighted by Crippen LogP contribution is 2.34. The van der Waals surface area contributed by atoms with E-state index in [0.717, 1.165) is 23.1 Å². The highest BCUT2D eigenvalue weighted by molar-refractivity contribution is 5.69. The predicted octanol–water partition coefficient (Wildman–Crippen LogP) is 3.79. The van der Waals surface area contributed by atoms with Crippen LogP contribution in [-0.2, 0) is 4.74 Å². The lowest BCUT2D eigenvalue weighted by atomic mass is 10.1. The molecule has 1 saturated heterocycles. The number of nitrogens with zero attached hydrogens (tertiary/aromatic N) is 2. The fourth-order valence-corrected chi connectivity index (χ4v) is 2.65. The normalized spacial score (nSPS) is 19.3. The van der Waals surface area contributed by atoms with Crippen molar-refractivity contribution < 1.29 is 27.6 Å². The van der Waals surface area contributed by atoms with Crippen molar-refractivity contribution >= 4 is 17.5 Å². The minimum absolute atomic E-state index is 0.0178. The molecule has 1 amide bonds. The Bertz CT molecular complexity index is 706. The van der Waals surface area contributed by atoms with Gasteiger partial charge in [-0.15, -0.1) is 0 Å². The fraction of sp³-hybridized carbons (Fsp3) is 0.562. The summed E-state index contributed by atoms with van der Waals surface area (Å²) in [5.74, 6) is -3.87. The molecule has 0 radical (unpaired) electrons. The Morgan fingerprint density at radius 2 is 2.12 bits per heavy atom. The molecule has 0 unspecified atom stereocenters. The van der Waals surface area contributed by atoms with Gasteiger partial charge in [-0.25, -0.2) is 18.0 Å². The van der Waals surface area contributed by atoms with Crippen molar-refractivity contribution in [2.24, 2.45) is 0 Å². The molecule has 1 heterocycles. The molecule has 0 spiro atoms. The van der Waals surface area contributed by atoms with E-state index in [4.69, 9.17) is 4.74 Å². The van der Waals surface area contributed by atoms with E-state index in [1.807, 2.05) is 0 Å². The van der Waals surface area contributed by atoms with E-state index < -0.39 is 53.1 Å². The van der Waals surface area contributed by atoms with Crippen molar-refractivity contribution in [1.82, 2.24) is 4.90 Å². The number of nitrogens with one attached hydrogen (secondary N) is 1. The number of likely N-dealkylation sites (tertiary alicyclic amines) is 1. The molecule has 7 nitrogen and oxygen atoms in total. The van der Waals surface area contributed by atoms with Crippen LogP contribution in [0.3, 0.4) is 0 Å². The number of halogens is 3. The monoisotopic (exact) mass is 375 g/mol. The van der Waals surface area contributed by atoms with Crippen molar-refractivity contribution in [1.29, 1.82) is 0 Å². The number of alkyl halides is 2. The van der Waals surface area contributed by atoms with E-state index in [0.29, 0.717) is 0 Å². The van der Waals surface area contributed by atoms with Crippen LogP contribution >= 0.6 is 0 Å². The number of hydrogen-bond acceptors (Lipinski definition) is 5. The number of nitro groups is 1. The minimum atomic E-state index is -3.09. The van der Waals surface area contributed by atoms with E-state index in [2.05, 4.69) is 5.32 Å². The largest absolute Gasteiger partial charge is 0.444 e. The van der Waals surface area contributed by atoms with Crippen LogP contribution in [0.15, 0.2) is 18.2 Å². The first kappa shape index (κ1) is 19.8. The van der Waals surface area contributed by atoms with Gasteiger partial charge in [-0.05, 0) is 32.9 Å². The molecule has 1 fully saturated rings. The van der Waals surface area contributed by atoms with Crippen LogP contribution < -0.4 is 5.32 Å². The highest BCUT2D eigenvalue weighted by Gasteiger charge is 2.48. The number of rotatable bonds is 4. The van der Waals surface area contributed by atoms with Crippen molar-refractivity contribution in [3.05, 3.63) is 34.1 Å². The molecule has 0 bridgehead atoms. The van der Waals surface area contributed by atoms with Gasteiger partial charge in [0.2, 0.25) is 0 Å². The Hall–Kier alpha value is -2.52. The molecule has 0 aromatic heterocycles. The van der Waals surface area contributed by atoms with Gasteiger partial charge in [-0.2, -0.15) is 0 Å². The molecule has 1 atom stereocenters. The van der Waals surface area contributed by atoms with Crippen molar-refractivity contribution in [2.75, 3.05) is 18.4 Å². The summed E-state index contributed by atoms with van der Waals surface area (Å²) in [5.41, 5.74) is -1.38. The zero-order valence-electron chi connectivity index (χ0n) is 14.6. The summed E-state index contributed by atoms with van der Waals surface area (Å²) in [5, 5.41) is 13.7. The van der Waals surface area contributed by atoms with Gasteiger partial charge in [-0.3, -0.25) is 15.0 Å². The first-order chi connectivity index (χ1) is 11.9. The van der Waals surface area contributed by atoms with Crippen molar-refractivity contribution in [3.8, 4) is 0 Å². The van der Waals surface area contributed by atoms with E-state index in [1.165, 1.54) is 0 Å². The average Bonchev–Trinajstić information content (AvgIpc) is 2.79. The number of amides is 1. The van der Waals surface area contributed by atoms with Gasteiger partial charge in [0, 0.05) is 13.0 Å². The molecule has 1 aromatic rings. The van der Waals surface area contributed by atoms with Crippen LogP contribution in [0.2, 0.25) is 0 Å². The number of anilines is 1. The summed E-state index contributed by atoms with van der Waals surface area (Å²) in [6, 6.07) is 1.98. The fourth-order valence-electron chi connectivity index (χ4n) is 2.65. The Kier molecular flexibility index (Phi) is 5.33. The zero-order chi connectivity index (χ0) is 19.7. The van der Waals surface area contributed by atoms with Crippen LogP contribution in [-0.4, -0.2) is 46.6 Å².